The van der Waals surface area contributed by atoms with Crippen LogP contribution in [0.1, 0.15) is 49.6 Å². The molecule has 0 aromatic carbocycles. The van der Waals surface area contributed by atoms with E-state index in [-0.39, 0.29) is 12.3 Å². The van der Waals surface area contributed by atoms with E-state index in [2.05, 4.69) is 10.00 Å². The van der Waals surface area contributed by atoms with Crippen molar-refractivity contribution in [2.75, 3.05) is 20.6 Å². The van der Waals surface area contributed by atoms with Gasteiger partial charge >= 0.3 is 0 Å². The summed E-state index contributed by atoms with van der Waals surface area (Å²) in [5.74, 6) is -0.0777. The molecule has 0 unspecified atom stereocenters. The Morgan fingerprint density at radius 2 is 2.14 bits per heavy atom. The van der Waals surface area contributed by atoms with Gasteiger partial charge in [0, 0.05) is 33.2 Å². The normalized spacial score (nSPS) is 20.9. The Kier molecular flexibility index (Phi) is 4.49. The zero-order chi connectivity index (χ0) is 15.7. The molecule has 0 bridgehead atoms. The lowest BCUT2D eigenvalue weighted by Gasteiger charge is -2.32. The zero-order valence-corrected chi connectivity index (χ0v) is 13.5. The SMILES string of the molecule is CN(C)C(=O)C[C@@H](O)c1cc2n(n1)CCN(C1CCCC1)C2. The van der Waals surface area contributed by atoms with Crippen LogP contribution in [0.25, 0.3) is 0 Å². The molecule has 1 aromatic heterocycles. The average Bonchev–Trinajstić information content (AvgIpc) is 3.15. The van der Waals surface area contributed by atoms with Crippen LogP contribution in [-0.4, -0.2) is 57.3 Å². The van der Waals surface area contributed by atoms with Gasteiger partial charge in [-0.2, -0.15) is 5.10 Å². The minimum atomic E-state index is -0.812. The van der Waals surface area contributed by atoms with Crippen molar-refractivity contribution in [1.82, 2.24) is 19.6 Å². The van der Waals surface area contributed by atoms with Crippen LogP contribution >= 0.6 is 0 Å². The first-order chi connectivity index (χ1) is 10.5. The summed E-state index contributed by atoms with van der Waals surface area (Å²) in [5, 5.41) is 14.7. The van der Waals surface area contributed by atoms with Gasteiger partial charge in [-0.3, -0.25) is 14.4 Å². The molecule has 122 valence electrons. The van der Waals surface area contributed by atoms with Crippen LogP contribution in [-0.2, 0) is 17.9 Å². The van der Waals surface area contributed by atoms with Gasteiger partial charge < -0.3 is 10.0 Å². The van der Waals surface area contributed by atoms with Crippen molar-refractivity contribution in [3.05, 3.63) is 17.5 Å². The monoisotopic (exact) mass is 306 g/mol. The van der Waals surface area contributed by atoms with Crippen LogP contribution in [0, 0.1) is 0 Å². The fourth-order valence-corrected chi connectivity index (χ4v) is 3.51. The molecular formula is C16H26N4O2. The van der Waals surface area contributed by atoms with Crippen molar-refractivity contribution >= 4 is 5.91 Å². The number of fused-ring (bicyclic) bond motifs is 1. The van der Waals surface area contributed by atoms with Gasteiger partial charge in [-0.25, -0.2) is 0 Å². The lowest BCUT2D eigenvalue weighted by molar-refractivity contribution is -0.130. The van der Waals surface area contributed by atoms with Gasteiger partial charge in [0.2, 0.25) is 5.91 Å². The lowest BCUT2D eigenvalue weighted by Crippen LogP contribution is -2.39. The van der Waals surface area contributed by atoms with Crippen molar-refractivity contribution in [2.45, 2.75) is 57.3 Å². The first-order valence-electron chi connectivity index (χ1n) is 8.23. The minimum Gasteiger partial charge on any atom is -0.386 e. The molecule has 0 radical (unpaired) electrons. The number of nitrogens with zero attached hydrogens (tertiary/aromatic N) is 4. The van der Waals surface area contributed by atoms with Crippen molar-refractivity contribution in [3.8, 4) is 0 Å². The van der Waals surface area contributed by atoms with E-state index in [1.807, 2.05) is 10.7 Å². The molecule has 1 aliphatic carbocycles. The highest BCUT2D eigenvalue weighted by molar-refractivity contribution is 5.76. The Bertz CT molecular complexity index is 534. The summed E-state index contributed by atoms with van der Waals surface area (Å²) in [4.78, 5) is 15.8. The molecule has 22 heavy (non-hydrogen) atoms. The van der Waals surface area contributed by atoms with E-state index in [0.717, 1.165) is 25.3 Å². The number of hydrogen-bond acceptors (Lipinski definition) is 4. The summed E-state index contributed by atoms with van der Waals surface area (Å²) in [6, 6.07) is 2.68. The summed E-state index contributed by atoms with van der Waals surface area (Å²) in [5.41, 5.74) is 1.78. The highest BCUT2D eigenvalue weighted by atomic mass is 16.3. The first kappa shape index (κ1) is 15.5. The maximum Gasteiger partial charge on any atom is 0.225 e. The third-order valence-corrected chi connectivity index (χ3v) is 4.90. The molecule has 1 aromatic rings. The van der Waals surface area contributed by atoms with E-state index < -0.39 is 6.10 Å². The van der Waals surface area contributed by atoms with Crippen LogP contribution in [0.15, 0.2) is 6.07 Å². The predicted molar refractivity (Wildman–Crippen MR) is 83.2 cm³/mol. The number of aromatic nitrogens is 2. The summed E-state index contributed by atoms with van der Waals surface area (Å²) >= 11 is 0. The first-order valence-corrected chi connectivity index (χ1v) is 8.23. The lowest BCUT2D eigenvalue weighted by atomic mass is 10.1. The molecule has 6 nitrogen and oxygen atoms in total. The van der Waals surface area contributed by atoms with E-state index >= 15 is 0 Å². The number of aliphatic hydroxyl groups is 1. The standard InChI is InChI=1S/C16H26N4O2/c1-18(2)16(22)10-15(21)14-9-13-11-19(7-8-20(13)17-14)12-5-3-4-6-12/h9,12,15,21H,3-8,10-11H2,1-2H3/t15-/m1/s1. The molecule has 0 spiro atoms. The number of carbonyl (C=O) groups is 1. The highest BCUT2D eigenvalue weighted by Gasteiger charge is 2.28. The zero-order valence-electron chi connectivity index (χ0n) is 13.5. The molecule has 0 saturated heterocycles. The number of carbonyl (C=O) groups excluding carboxylic acids is 1. The van der Waals surface area contributed by atoms with Gasteiger partial charge in [-0.05, 0) is 18.9 Å². The Labute approximate surface area is 131 Å². The van der Waals surface area contributed by atoms with Crippen LogP contribution in [0.5, 0.6) is 0 Å². The Hall–Kier alpha value is -1.40. The predicted octanol–water partition coefficient (Wildman–Crippen LogP) is 1.15. The van der Waals surface area contributed by atoms with Gasteiger partial charge in [0.1, 0.15) is 6.10 Å². The number of aliphatic hydroxyl groups excluding tert-OH is 1. The fraction of sp³-hybridized carbons (Fsp3) is 0.750. The van der Waals surface area contributed by atoms with E-state index in [1.54, 1.807) is 14.1 Å². The maximum atomic E-state index is 11.7. The summed E-state index contributed by atoms with van der Waals surface area (Å²) < 4.78 is 1.99. The third kappa shape index (κ3) is 3.17. The maximum absolute atomic E-state index is 11.7. The number of hydrogen-bond donors (Lipinski definition) is 1. The molecule has 2 aliphatic rings. The Morgan fingerprint density at radius 1 is 1.41 bits per heavy atom. The smallest absolute Gasteiger partial charge is 0.225 e. The molecule has 1 fully saturated rings. The van der Waals surface area contributed by atoms with Gasteiger partial charge in [-0.15, -0.1) is 0 Å². The fourth-order valence-electron chi connectivity index (χ4n) is 3.51. The largest absolute Gasteiger partial charge is 0.386 e. The molecular weight excluding hydrogens is 280 g/mol. The molecule has 1 aliphatic heterocycles. The van der Waals surface area contributed by atoms with E-state index in [1.165, 1.54) is 30.6 Å². The van der Waals surface area contributed by atoms with E-state index in [4.69, 9.17) is 0 Å². The molecule has 1 N–H and O–H groups in total. The van der Waals surface area contributed by atoms with Crippen LogP contribution in [0.3, 0.4) is 0 Å². The van der Waals surface area contributed by atoms with Gasteiger partial charge in [0.05, 0.1) is 24.4 Å². The van der Waals surface area contributed by atoms with Crippen LogP contribution in [0.4, 0.5) is 0 Å². The second-order valence-electron chi connectivity index (χ2n) is 6.70. The highest BCUT2D eigenvalue weighted by Crippen LogP contribution is 2.28. The van der Waals surface area contributed by atoms with Gasteiger partial charge in [-0.1, -0.05) is 12.8 Å². The average molecular weight is 306 g/mol. The van der Waals surface area contributed by atoms with E-state index in [9.17, 15) is 9.90 Å². The summed E-state index contributed by atoms with van der Waals surface area (Å²) in [7, 11) is 3.40. The number of rotatable bonds is 4. The second-order valence-corrected chi connectivity index (χ2v) is 6.70. The summed E-state index contributed by atoms with van der Waals surface area (Å²) in [6.45, 7) is 2.82. The van der Waals surface area contributed by atoms with Crippen molar-refractivity contribution < 1.29 is 9.90 Å². The summed E-state index contributed by atoms with van der Waals surface area (Å²) in [6.07, 6.45) is 4.58. The van der Waals surface area contributed by atoms with Crippen LogP contribution < -0.4 is 0 Å². The molecule has 3 rings (SSSR count). The molecule has 1 atom stereocenters. The molecule has 1 amide bonds. The van der Waals surface area contributed by atoms with E-state index in [0.29, 0.717) is 11.7 Å². The Balaban J connectivity index is 1.66. The van der Waals surface area contributed by atoms with Crippen LogP contribution in [0.2, 0.25) is 0 Å². The number of amides is 1. The van der Waals surface area contributed by atoms with Crippen molar-refractivity contribution in [1.29, 1.82) is 0 Å². The second kappa shape index (κ2) is 6.38. The van der Waals surface area contributed by atoms with Crippen molar-refractivity contribution in [2.24, 2.45) is 0 Å². The quantitative estimate of drug-likeness (QED) is 0.906. The minimum absolute atomic E-state index is 0.0777. The molecule has 6 heteroatoms. The van der Waals surface area contributed by atoms with Gasteiger partial charge in [0.25, 0.3) is 0 Å². The van der Waals surface area contributed by atoms with Gasteiger partial charge in [0.15, 0.2) is 0 Å². The van der Waals surface area contributed by atoms with Crippen molar-refractivity contribution in [3.63, 3.8) is 0 Å². The topological polar surface area (TPSA) is 61.6 Å². The Morgan fingerprint density at radius 3 is 2.82 bits per heavy atom. The molecule has 2 heterocycles. The molecule has 1 saturated carbocycles. The third-order valence-electron chi connectivity index (χ3n) is 4.90.